The summed E-state index contributed by atoms with van der Waals surface area (Å²) in [5.74, 6) is 1.83. The molecule has 0 bridgehead atoms. The lowest BCUT2D eigenvalue weighted by molar-refractivity contribution is 0.191. The molecule has 124 valence electrons. The lowest BCUT2D eigenvalue weighted by atomic mass is 9.77. The number of rotatable bonds is 9. The first kappa shape index (κ1) is 17.5. The van der Waals surface area contributed by atoms with Crippen molar-refractivity contribution in [1.82, 2.24) is 0 Å². The maximum Gasteiger partial charge on any atom is 0.0462 e. The number of unbranched alkanes of at least 4 members (excludes halogenated alkanes) is 4. The number of ether oxygens (including phenoxy) is 1. The second-order valence-corrected chi connectivity index (χ2v) is 7.18. The fourth-order valence-electron chi connectivity index (χ4n) is 3.83. The second kappa shape index (κ2) is 10.0. The first-order chi connectivity index (χ1) is 10.8. The summed E-state index contributed by atoms with van der Waals surface area (Å²) >= 11 is 0. The Kier molecular flexibility index (Phi) is 8.01. The third-order valence-corrected chi connectivity index (χ3v) is 5.36. The molecule has 0 atom stereocenters. The largest absolute Gasteiger partial charge is 0.385 e. The fourth-order valence-corrected chi connectivity index (χ4v) is 3.83. The van der Waals surface area contributed by atoms with Crippen LogP contribution in [0.5, 0.6) is 0 Å². The molecule has 1 aliphatic carbocycles. The van der Waals surface area contributed by atoms with E-state index in [4.69, 9.17) is 4.74 Å². The van der Waals surface area contributed by atoms with Gasteiger partial charge in [-0.15, -0.1) is 0 Å². The average molecular weight is 303 g/mol. The lowest BCUT2D eigenvalue weighted by Crippen LogP contribution is -2.13. The maximum atomic E-state index is 5.10. The molecule has 0 spiro atoms. The van der Waals surface area contributed by atoms with Crippen LogP contribution < -0.4 is 0 Å². The highest BCUT2D eigenvalue weighted by molar-refractivity contribution is 5.24. The van der Waals surface area contributed by atoms with Crippen LogP contribution in [0, 0.1) is 12.8 Å². The summed E-state index contributed by atoms with van der Waals surface area (Å²) in [4.78, 5) is 0. The molecule has 1 aromatic carbocycles. The molecule has 0 amide bonds. The summed E-state index contributed by atoms with van der Waals surface area (Å²) in [6.45, 7) is 3.11. The molecule has 1 fully saturated rings. The van der Waals surface area contributed by atoms with Gasteiger partial charge in [0.25, 0.3) is 0 Å². The Balaban J connectivity index is 1.56. The van der Waals surface area contributed by atoms with Crippen molar-refractivity contribution in [2.24, 2.45) is 5.92 Å². The molecule has 0 heterocycles. The van der Waals surface area contributed by atoms with E-state index >= 15 is 0 Å². The highest BCUT2D eigenvalue weighted by Crippen LogP contribution is 2.37. The van der Waals surface area contributed by atoms with Gasteiger partial charge in [0.1, 0.15) is 0 Å². The van der Waals surface area contributed by atoms with E-state index in [0.29, 0.717) is 0 Å². The SMILES string of the molecule is COCCCCCCCC1CCC(c2ccc(C)cc2)CC1. The summed E-state index contributed by atoms with van der Waals surface area (Å²) in [5.41, 5.74) is 2.95. The molecule has 0 aliphatic heterocycles. The van der Waals surface area contributed by atoms with Gasteiger partial charge in [-0.05, 0) is 56.4 Å². The van der Waals surface area contributed by atoms with Gasteiger partial charge >= 0.3 is 0 Å². The van der Waals surface area contributed by atoms with Crippen molar-refractivity contribution in [3.63, 3.8) is 0 Å². The smallest absolute Gasteiger partial charge is 0.0462 e. The van der Waals surface area contributed by atoms with Crippen LogP contribution in [-0.2, 0) is 4.74 Å². The third-order valence-electron chi connectivity index (χ3n) is 5.36. The van der Waals surface area contributed by atoms with Gasteiger partial charge in [-0.1, -0.05) is 61.9 Å². The minimum atomic E-state index is 0.825. The van der Waals surface area contributed by atoms with Crippen LogP contribution in [0.15, 0.2) is 24.3 Å². The average Bonchev–Trinajstić information content (AvgIpc) is 2.55. The Bertz CT molecular complexity index is 387. The zero-order valence-electron chi connectivity index (χ0n) is 14.7. The van der Waals surface area contributed by atoms with Crippen LogP contribution in [0.1, 0.15) is 81.3 Å². The monoisotopic (exact) mass is 302 g/mol. The van der Waals surface area contributed by atoms with Gasteiger partial charge in [0.05, 0.1) is 0 Å². The van der Waals surface area contributed by atoms with Gasteiger partial charge in [-0.25, -0.2) is 0 Å². The molecule has 22 heavy (non-hydrogen) atoms. The molecule has 1 saturated carbocycles. The zero-order chi connectivity index (χ0) is 15.6. The molecular weight excluding hydrogens is 268 g/mol. The van der Waals surface area contributed by atoms with Crippen molar-refractivity contribution >= 4 is 0 Å². The van der Waals surface area contributed by atoms with Gasteiger partial charge in [0.2, 0.25) is 0 Å². The predicted octanol–water partition coefficient (Wildman–Crippen LogP) is 6.26. The zero-order valence-corrected chi connectivity index (χ0v) is 14.7. The van der Waals surface area contributed by atoms with Crippen LogP contribution in [-0.4, -0.2) is 13.7 Å². The molecule has 1 aliphatic rings. The van der Waals surface area contributed by atoms with Crippen molar-refractivity contribution < 1.29 is 4.74 Å². The molecule has 0 radical (unpaired) electrons. The standard InChI is InChI=1S/C21H34O/c1-18-9-13-20(14-10-18)21-15-11-19(12-16-21)8-6-4-3-5-7-17-22-2/h9-10,13-14,19,21H,3-8,11-12,15-17H2,1-2H3. The van der Waals surface area contributed by atoms with Crippen LogP contribution in [0.25, 0.3) is 0 Å². The minimum Gasteiger partial charge on any atom is -0.385 e. The number of hydrogen-bond acceptors (Lipinski definition) is 1. The lowest BCUT2D eigenvalue weighted by Gasteiger charge is -2.29. The number of benzene rings is 1. The summed E-state index contributed by atoms with van der Waals surface area (Å²) in [6, 6.07) is 9.23. The van der Waals surface area contributed by atoms with E-state index in [9.17, 15) is 0 Å². The Labute approximate surface area is 137 Å². The normalized spacial score (nSPS) is 21.9. The number of hydrogen-bond donors (Lipinski definition) is 0. The molecule has 1 nitrogen and oxygen atoms in total. The quantitative estimate of drug-likeness (QED) is 0.489. The molecular formula is C21H34O. The third kappa shape index (κ3) is 6.12. The Hall–Kier alpha value is -0.820. The second-order valence-electron chi connectivity index (χ2n) is 7.18. The van der Waals surface area contributed by atoms with Gasteiger partial charge in [-0.2, -0.15) is 0 Å². The van der Waals surface area contributed by atoms with E-state index in [-0.39, 0.29) is 0 Å². The number of aryl methyl sites for hydroxylation is 1. The molecule has 0 saturated heterocycles. The summed E-state index contributed by atoms with van der Waals surface area (Å²) < 4.78 is 5.10. The highest BCUT2D eigenvalue weighted by atomic mass is 16.5. The van der Waals surface area contributed by atoms with E-state index in [1.54, 1.807) is 12.7 Å². The van der Waals surface area contributed by atoms with Gasteiger partial charge in [0.15, 0.2) is 0 Å². The summed E-state index contributed by atoms with van der Waals surface area (Å²) in [7, 11) is 1.80. The van der Waals surface area contributed by atoms with Crippen molar-refractivity contribution in [1.29, 1.82) is 0 Å². The van der Waals surface area contributed by atoms with E-state index in [0.717, 1.165) is 18.4 Å². The van der Waals surface area contributed by atoms with E-state index in [2.05, 4.69) is 31.2 Å². The van der Waals surface area contributed by atoms with Gasteiger partial charge in [0, 0.05) is 13.7 Å². The van der Waals surface area contributed by atoms with Crippen molar-refractivity contribution in [2.45, 2.75) is 77.0 Å². The molecule has 0 N–H and O–H groups in total. The van der Waals surface area contributed by atoms with E-state index in [1.165, 1.54) is 69.8 Å². The minimum absolute atomic E-state index is 0.825. The van der Waals surface area contributed by atoms with Crippen LogP contribution in [0.2, 0.25) is 0 Å². The molecule has 0 aromatic heterocycles. The number of methoxy groups -OCH3 is 1. The summed E-state index contributed by atoms with van der Waals surface area (Å²) in [6.07, 6.45) is 14.0. The highest BCUT2D eigenvalue weighted by Gasteiger charge is 2.21. The van der Waals surface area contributed by atoms with E-state index in [1.807, 2.05) is 0 Å². The Morgan fingerprint density at radius 3 is 2.18 bits per heavy atom. The predicted molar refractivity (Wildman–Crippen MR) is 95.5 cm³/mol. The van der Waals surface area contributed by atoms with E-state index < -0.39 is 0 Å². The molecule has 2 rings (SSSR count). The topological polar surface area (TPSA) is 9.23 Å². The maximum absolute atomic E-state index is 5.10. The molecule has 0 unspecified atom stereocenters. The molecule has 1 heteroatoms. The van der Waals surface area contributed by atoms with Crippen LogP contribution >= 0.6 is 0 Å². The fraction of sp³-hybridized carbons (Fsp3) is 0.714. The first-order valence-electron chi connectivity index (χ1n) is 9.35. The van der Waals surface area contributed by atoms with Crippen molar-refractivity contribution in [3.8, 4) is 0 Å². The van der Waals surface area contributed by atoms with Crippen molar-refractivity contribution in [2.75, 3.05) is 13.7 Å². The Morgan fingerprint density at radius 2 is 1.50 bits per heavy atom. The van der Waals surface area contributed by atoms with Gasteiger partial charge in [-0.3, -0.25) is 0 Å². The Morgan fingerprint density at radius 1 is 0.864 bits per heavy atom. The molecule has 1 aromatic rings. The summed E-state index contributed by atoms with van der Waals surface area (Å²) in [5, 5.41) is 0. The van der Waals surface area contributed by atoms with Crippen molar-refractivity contribution in [3.05, 3.63) is 35.4 Å². The van der Waals surface area contributed by atoms with Gasteiger partial charge < -0.3 is 4.74 Å². The van der Waals surface area contributed by atoms with Crippen LogP contribution in [0.4, 0.5) is 0 Å². The first-order valence-corrected chi connectivity index (χ1v) is 9.35. The van der Waals surface area contributed by atoms with Crippen LogP contribution in [0.3, 0.4) is 0 Å².